The Morgan fingerprint density at radius 3 is 2.58 bits per heavy atom. The lowest BCUT2D eigenvalue weighted by atomic mass is 9.96. The summed E-state index contributed by atoms with van der Waals surface area (Å²) in [6.07, 6.45) is 8.91. The van der Waals surface area contributed by atoms with E-state index in [1.807, 2.05) is 47.5 Å². The Hall–Kier alpha value is -2.44. The van der Waals surface area contributed by atoms with Gasteiger partial charge >= 0.3 is 0 Å². The number of nitrogens with zero attached hydrogens (tertiary/aromatic N) is 3. The number of ether oxygens (including phenoxy) is 2. The Bertz CT molecular complexity index is 758. The number of hydrogen-bond acceptors (Lipinski definition) is 4. The molecule has 6 nitrogen and oxygen atoms in total. The SMILES string of the molecule is O=C(/C=C/c1cnn(-c2ccccc2)c1)N1CCC(C2OCCO2)CC1. The first-order valence-electron chi connectivity index (χ1n) is 9.10. The van der Waals surface area contributed by atoms with Crippen molar-refractivity contribution in [1.82, 2.24) is 14.7 Å². The monoisotopic (exact) mass is 353 g/mol. The zero-order chi connectivity index (χ0) is 17.8. The lowest BCUT2D eigenvalue weighted by Crippen LogP contribution is -2.40. The van der Waals surface area contributed by atoms with Crippen molar-refractivity contribution in [1.29, 1.82) is 0 Å². The minimum atomic E-state index is -0.0772. The number of hydrogen-bond donors (Lipinski definition) is 0. The van der Waals surface area contributed by atoms with E-state index in [9.17, 15) is 4.79 Å². The van der Waals surface area contributed by atoms with Gasteiger partial charge in [-0.1, -0.05) is 18.2 Å². The van der Waals surface area contributed by atoms with E-state index in [4.69, 9.17) is 9.47 Å². The summed E-state index contributed by atoms with van der Waals surface area (Å²) in [5.74, 6) is 0.443. The van der Waals surface area contributed by atoms with Crippen molar-refractivity contribution < 1.29 is 14.3 Å². The molecule has 0 aliphatic carbocycles. The Balaban J connectivity index is 1.31. The molecule has 1 aromatic heterocycles. The minimum absolute atomic E-state index is 0.0455. The molecule has 1 aromatic carbocycles. The van der Waals surface area contributed by atoms with Crippen LogP contribution in [0.3, 0.4) is 0 Å². The molecular weight excluding hydrogens is 330 g/mol. The van der Waals surface area contributed by atoms with Crippen LogP contribution in [0.2, 0.25) is 0 Å². The topological polar surface area (TPSA) is 56.6 Å². The fourth-order valence-electron chi connectivity index (χ4n) is 3.46. The molecule has 0 radical (unpaired) electrons. The molecule has 2 aliphatic rings. The van der Waals surface area contributed by atoms with Crippen molar-refractivity contribution in [3.8, 4) is 5.69 Å². The molecule has 2 saturated heterocycles. The number of aromatic nitrogens is 2. The van der Waals surface area contributed by atoms with Gasteiger partial charge < -0.3 is 14.4 Å². The Kier molecular flexibility index (Phi) is 5.13. The fourth-order valence-corrected chi connectivity index (χ4v) is 3.46. The summed E-state index contributed by atoms with van der Waals surface area (Å²) in [6, 6.07) is 9.91. The predicted molar refractivity (Wildman–Crippen MR) is 97.6 cm³/mol. The van der Waals surface area contributed by atoms with Gasteiger partial charge in [-0.05, 0) is 31.1 Å². The maximum atomic E-state index is 12.4. The lowest BCUT2D eigenvalue weighted by molar-refractivity contribution is -0.131. The number of carbonyl (C=O) groups is 1. The molecule has 6 heteroatoms. The maximum Gasteiger partial charge on any atom is 0.246 e. The van der Waals surface area contributed by atoms with Crippen molar-refractivity contribution >= 4 is 12.0 Å². The van der Waals surface area contributed by atoms with Gasteiger partial charge in [-0.15, -0.1) is 0 Å². The van der Waals surface area contributed by atoms with Crippen LogP contribution >= 0.6 is 0 Å². The number of amides is 1. The van der Waals surface area contributed by atoms with Crippen molar-refractivity contribution in [2.45, 2.75) is 19.1 Å². The van der Waals surface area contributed by atoms with Crippen LogP contribution in [0.5, 0.6) is 0 Å². The van der Waals surface area contributed by atoms with Crippen molar-refractivity contribution in [3.63, 3.8) is 0 Å². The standard InChI is InChI=1S/C20H23N3O3/c24-19(22-10-8-17(9-11-22)20-25-12-13-26-20)7-6-16-14-21-23(15-16)18-4-2-1-3-5-18/h1-7,14-15,17,20H,8-13H2/b7-6+. The van der Waals surface area contributed by atoms with Crippen LogP contribution in [0.25, 0.3) is 11.8 Å². The van der Waals surface area contributed by atoms with Gasteiger partial charge in [0.25, 0.3) is 0 Å². The van der Waals surface area contributed by atoms with Gasteiger partial charge in [-0.3, -0.25) is 4.79 Å². The van der Waals surface area contributed by atoms with Crippen LogP contribution in [0.4, 0.5) is 0 Å². The molecule has 0 bridgehead atoms. The van der Waals surface area contributed by atoms with E-state index >= 15 is 0 Å². The fraction of sp³-hybridized carbons (Fsp3) is 0.400. The second-order valence-corrected chi connectivity index (χ2v) is 6.66. The number of piperidine rings is 1. The van der Waals surface area contributed by atoms with E-state index in [1.165, 1.54) is 0 Å². The average molecular weight is 353 g/mol. The highest BCUT2D eigenvalue weighted by Gasteiger charge is 2.31. The zero-order valence-electron chi connectivity index (χ0n) is 14.7. The molecule has 1 amide bonds. The number of carbonyl (C=O) groups excluding carboxylic acids is 1. The molecule has 2 aromatic rings. The number of para-hydroxylation sites is 1. The van der Waals surface area contributed by atoms with Crippen molar-refractivity contribution in [3.05, 3.63) is 54.4 Å². The van der Waals surface area contributed by atoms with E-state index in [1.54, 1.807) is 17.0 Å². The highest BCUT2D eigenvalue weighted by atomic mass is 16.7. The van der Waals surface area contributed by atoms with Crippen LogP contribution in [-0.4, -0.2) is 53.2 Å². The van der Waals surface area contributed by atoms with Crippen LogP contribution in [-0.2, 0) is 14.3 Å². The summed E-state index contributed by atoms with van der Waals surface area (Å²) in [6.45, 7) is 2.87. The summed E-state index contributed by atoms with van der Waals surface area (Å²) in [5, 5.41) is 4.34. The first kappa shape index (κ1) is 17.0. The molecule has 2 fully saturated rings. The molecule has 0 N–H and O–H groups in total. The van der Waals surface area contributed by atoms with E-state index in [-0.39, 0.29) is 12.2 Å². The zero-order valence-corrected chi connectivity index (χ0v) is 14.7. The molecule has 3 heterocycles. The van der Waals surface area contributed by atoms with Crippen molar-refractivity contribution in [2.24, 2.45) is 5.92 Å². The van der Waals surface area contributed by atoms with Crippen LogP contribution in [0.1, 0.15) is 18.4 Å². The number of likely N-dealkylation sites (tertiary alicyclic amines) is 1. The summed E-state index contributed by atoms with van der Waals surface area (Å²) >= 11 is 0. The highest BCUT2D eigenvalue weighted by Crippen LogP contribution is 2.25. The molecule has 2 aliphatic heterocycles. The third-order valence-electron chi connectivity index (χ3n) is 4.93. The van der Waals surface area contributed by atoms with E-state index in [0.717, 1.165) is 37.2 Å². The smallest absolute Gasteiger partial charge is 0.246 e. The van der Waals surface area contributed by atoms with Gasteiger partial charge in [-0.2, -0.15) is 5.10 Å². The van der Waals surface area contributed by atoms with Crippen LogP contribution in [0.15, 0.2) is 48.8 Å². The highest BCUT2D eigenvalue weighted by molar-refractivity contribution is 5.91. The third kappa shape index (κ3) is 3.86. The molecule has 136 valence electrons. The van der Waals surface area contributed by atoms with Gasteiger partial charge in [0.2, 0.25) is 5.91 Å². The van der Waals surface area contributed by atoms with E-state index < -0.39 is 0 Å². The van der Waals surface area contributed by atoms with Gasteiger partial charge in [0.05, 0.1) is 25.1 Å². The molecule has 26 heavy (non-hydrogen) atoms. The Labute approximate surface area is 153 Å². The number of rotatable bonds is 4. The Morgan fingerprint density at radius 1 is 1.12 bits per heavy atom. The summed E-state index contributed by atoms with van der Waals surface area (Å²) in [5.41, 5.74) is 1.90. The molecule has 0 saturated carbocycles. The van der Waals surface area contributed by atoms with E-state index in [0.29, 0.717) is 19.1 Å². The van der Waals surface area contributed by atoms with Gasteiger partial charge in [-0.25, -0.2) is 4.68 Å². The average Bonchev–Trinajstić information content (AvgIpc) is 3.39. The molecule has 0 spiro atoms. The second-order valence-electron chi connectivity index (χ2n) is 6.66. The summed E-state index contributed by atoms with van der Waals surface area (Å²) in [4.78, 5) is 14.3. The molecular formula is C20H23N3O3. The van der Waals surface area contributed by atoms with Gasteiger partial charge in [0.1, 0.15) is 0 Å². The largest absolute Gasteiger partial charge is 0.350 e. The predicted octanol–water partition coefficient (Wildman–Crippen LogP) is 2.50. The van der Waals surface area contributed by atoms with Crippen molar-refractivity contribution in [2.75, 3.05) is 26.3 Å². The van der Waals surface area contributed by atoms with E-state index in [2.05, 4.69) is 5.10 Å². The molecule has 0 atom stereocenters. The molecule has 0 unspecified atom stereocenters. The maximum absolute atomic E-state index is 12.4. The van der Waals surface area contributed by atoms with Gasteiger partial charge in [0.15, 0.2) is 6.29 Å². The third-order valence-corrected chi connectivity index (χ3v) is 4.93. The first-order chi connectivity index (χ1) is 12.8. The minimum Gasteiger partial charge on any atom is -0.350 e. The van der Waals surface area contributed by atoms with Gasteiger partial charge in [0, 0.05) is 36.8 Å². The second kappa shape index (κ2) is 7.85. The normalized spacial score (nSPS) is 19.5. The van der Waals surface area contributed by atoms with Crippen LogP contribution < -0.4 is 0 Å². The number of benzene rings is 1. The first-order valence-corrected chi connectivity index (χ1v) is 9.10. The van der Waals surface area contributed by atoms with Crippen LogP contribution in [0, 0.1) is 5.92 Å². The summed E-state index contributed by atoms with van der Waals surface area (Å²) < 4.78 is 13.0. The molecule has 4 rings (SSSR count). The summed E-state index contributed by atoms with van der Waals surface area (Å²) in [7, 11) is 0. The lowest BCUT2D eigenvalue weighted by Gasteiger charge is -2.33. The quantitative estimate of drug-likeness (QED) is 0.793. The Morgan fingerprint density at radius 2 is 1.85 bits per heavy atom.